The molecule has 0 amide bonds. The number of rotatable bonds is 3. The number of fused-ring (bicyclic) bond motifs is 1. The highest BCUT2D eigenvalue weighted by Gasteiger charge is 2.17. The minimum Gasteiger partial charge on any atom is -0.330 e. The summed E-state index contributed by atoms with van der Waals surface area (Å²) in [7, 11) is 0. The van der Waals surface area contributed by atoms with Crippen LogP contribution >= 0.6 is 0 Å². The Kier molecular flexibility index (Phi) is 3.76. The van der Waals surface area contributed by atoms with Crippen LogP contribution in [0.25, 0.3) is 10.9 Å². The van der Waals surface area contributed by atoms with Crippen LogP contribution in [0.3, 0.4) is 0 Å². The van der Waals surface area contributed by atoms with E-state index in [1.165, 1.54) is 36.9 Å². The summed E-state index contributed by atoms with van der Waals surface area (Å²) in [5, 5.41) is 1.23. The van der Waals surface area contributed by atoms with Crippen LogP contribution in [-0.4, -0.2) is 29.5 Å². The normalized spacial score (nSPS) is 17.9. The number of hydrogen-bond donors (Lipinski definition) is 1. The number of aromatic nitrogens is 1. The predicted molar refractivity (Wildman–Crippen MR) is 78.8 cm³/mol. The van der Waals surface area contributed by atoms with Gasteiger partial charge in [-0.15, -0.1) is 0 Å². The maximum Gasteiger partial charge on any atom is 0.0702 e. The molecule has 1 aliphatic heterocycles. The summed E-state index contributed by atoms with van der Waals surface area (Å²) in [4.78, 5) is 6.89. The second kappa shape index (κ2) is 5.68. The zero-order chi connectivity index (χ0) is 13.1. The van der Waals surface area contributed by atoms with Crippen molar-refractivity contribution in [2.75, 3.05) is 19.6 Å². The van der Waals surface area contributed by atoms with Crippen LogP contribution in [-0.2, 0) is 6.54 Å². The maximum atomic E-state index is 5.74. The van der Waals surface area contributed by atoms with E-state index in [-0.39, 0.29) is 0 Å². The number of nitrogens with two attached hydrogens (primary N) is 1. The van der Waals surface area contributed by atoms with Crippen molar-refractivity contribution in [2.24, 2.45) is 11.7 Å². The maximum absolute atomic E-state index is 5.74. The van der Waals surface area contributed by atoms with Crippen LogP contribution in [0, 0.1) is 5.92 Å². The van der Waals surface area contributed by atoms with Crippen LogP contribution in [0.2, 0.25) is 0 Å². The highest BCUT2D eigenvalue weighted by atomic mass is 15.1. The van der Waals surface area contributed by atoms with Crippen LogP contribution in [0.5, 0.6) is 0 Å². The van der Waals surface area contributed by atoms with Crippen LogP contribution < -0.4 is 5.73 Å². The van der Waals surface area contributed by atoms with Gasteiger partial charge in [0.15, 0.2) is 0 Å². The number of likely N-dealkylation sites (tertiary alicyclic amines) is 1. The van der Waals surface area contributed by atoms with Crippen molar-refractivity contribution in [1.82, 2.24) is 9.88 Å². The molecule has 1 fully saturated rings. The lowest BCUT2D eigenvalue weighted by molar-refractivity contribution is 0.180. The molecule has 3 nitrogen and oxygen atoms in total. The van der Waals surface area contributed by atoms with Gasteiger partial charge >= 0.3 is 0 Å². The van der Waals surface area contributed by atoms with Gasteiger partial charge in [0, 0.05) is 18.1 Å². The van der Waals surface area contributed by atoms with Gasteiger partial charge in [-0.2, -0.15) is 0 Å². The fraction of sp³-hybridized carbons (Fsp3) is 0.438. The fourth-order valence-electron chi connectivity index (χ4n) is 2.86. The summed E-state index contributed by atoms with van der Waals surface area (Å²) in [6.45, 7) is 4.23. The molecule has 0 bridgehead atoms. The van der Waals surface area contributed by atoms with Crippen molar-refractivity contribution in [1.29, 1.82) is 0 Å². The monoisotopic (exact) mass is 255 g/mol. The van der Waals surface area contributed by atoms with E-state index in [9.17, 15) is 0 Å². The van der Waals surface area contributed by atoms with Crippen LogP contribution in [0.1, 0.15) is 18.4 Å². The average Bonchev–Trinajstić information content (AvgIpc) is 2.48. The molecule has 2 N–H and O–H groups in total. The quantitative estimate of drug-likeness (QED) is 0.915. The first-order chi connectivity index (χ1) is 9.35. The zero-order valence-electron chi connectivity index (χ0n) is 11.3. The summed E-state index contributed by atoms with van der Waals surface area (Å²) >= 11 is 0. The first kappa shape index (κ1) is 12.6. The molecule has 3 heteroatoms. The van der Waals surface area contributed by atoms with Crippen molar-refractivity contribution in [3.05, 3.63) is 42.1 Å². The van der Waals surface area contributed by atoms with Gasteiger partial charge in [-0.25, -0.2) is 0 Å². The molecule has 0 saturated carbocycles. The Labute approximate surface area is 114 Å². The van der Waals surface area contributed by atoms with Crippen molar-refractivity contribution < 1.29 is 0 Å². The van der Waals surface area contributed by atoms with Crippen molar-refractivity contribution in [2.45, 2.75) is 19.4 Å². The van der Waals surface area contributed by atoms with E-state index < -0.39 is 0 Å². The van der Waals surface area contributed by atoms with Gasteiger partial charge in [-0.1, -0.05) is 12.1 Å². The molecule has 0 radical (unpaired) electrons. The van der Waals surface area contributed by atoms with E-state index in [0.717, 1.165) is 24.5 Å². The summed E-state index contributed by atoms with van der Waals surface area (Å²) in [5.41, 5.74) is 8.20. The van der Waals surface area contributed by atoms with Gasteiger partial charge in [-0.3, -0.25) is 9.88 Å². The van der Waals surface area contributed by atoms with Gasteiger partial charge < -0.3 is 5.73 Å². The SMILES string of the molecule is NCC1CCN(Cc2ccc3ncccc3c2)CC1. The third-order valence-corrected chi connectivity index (χ3v) is 4.11. The number of hydrogen-bond acceptors (Lipinski definition) is 3. The van der Waals surface area contributed by atoms with Crippen molar-refractivity contribution in [3.8, 4) is 0 Å². The second-order valence-corrected chi connectivity index (χ2v) is 5.49. The first-order valence-electron chi connectivity index (χ1n) is 7.11. The number of piperidine rings is 1. The topological polar surface area (TPSA) is 42.1 Å². The third kappa shape index (κ3) is 2.94. The lowest BCUT2D eigenvalue weighted by atomic mass is 9.97. The molecule has 2 heterocycles. The Morgan fingerprint density at radius 2 is 2.05 bits per heavy atom. The lowest BCUT2D eigenvalue weighted by Crippen LogP contribution is -2.35. The van der Waals surface area contributed by atoms with Crippen molar-refractivity contribution in [3.63, 3.8) is 0 Å². The Bertz CT molecular complexity index is 544. The number of benzene rings is 1. The summed E-state index contributed by atoms with van der Waals surface area (Å²) in [5.74, 6) is 0.733. The van der Waals surface area contributed by atoms with E-state index in [1.54, 1.807) is 0 Å². The van der Waals surface area contributed by atoms with Crippen LogP contribution in [0.4, 0.5) is 0 Å². The molecule has 3 rings (SSSR count). The minimum absolute atomic E-state index is 0.733. The molecule has 0 spiro atoms. The van der Waals surface area contributed by atoms with E-state index in [0.29, 0.717) is 0 Å². The molecule has 2 aromatic rings. The Morgan fingerprint density at radius 3 is 2.84 bits per heavy atom. The molecule has 0 atom stereocenters. The highest BCUT2D eigenvalue weighted by Crippen LogP contribution is 2.19. The molecule has 1 aromatic heterocycles. The Morgan fingerprint density at radius 1 is 1.21 bits per heavy atom. The summed E-state index contributed by atoms with van der Waals surface area (Å²) < 4.78 is 0. The molecule has 1 saturated heterocycles. The fourth-order valence-corrected chi connectivity index (χ4v) is 2.86. The van der Waals surface area contributed by atoms with Gasteiger partial charge in [0.25, 0.3) is 0 Å². The minimum atomic E-state index is 0.733. The van der Waals surface area contributed by atoms with Crippen LogP contribution in [0.15, 0.2) is 36.5 Å². The molecule has 0 unspecified atom stereocenters. The van der Waals surface area contributed by atoms with E-state index in [4.69, 9.17) is 5.73 Å². The molecule has 19 heavy (non-hydrogen) atoms. The molecule has 0 aliphatic carbocycles. The van der Waals surface area contributed by atoms with Gasteiger partial charge in [0.1, 0.15) is 0 Å². The predicted octanol–water partition coefficient (Wildman–Crippen LogP) is 2.41. The molecular formula is C16H21N3. The van der Waals surface area contributed by atoms with Gasteiger partial charge in [-0.05, 0) is 62.2 Å². The molecular weight excluding hydrogens is 234 g/mol. The van der Waals surface area contributed by atoms with Crippen molar-refractivity contribution >= 4 is 10.9 Å². The Hall–Kier alpha value is -1.45. The largest absolute Gasteiger partial charge is 0.330 e. The second-order valence-electron chi connectivity index (χ2n) is 5.49. The van der Waals surface area contributed by atoms with Gasteiger partial charge in [0.2, 0.25) is 0 Å². The summed E-state index contributed by atoms with van der Waals surface area (Å²) in [6, 6.07) is 10.7. The number of nitrogens with zero attached hydrogens (tertiary/aromatic N) is 2. The molecule has 1 aliphatic rings. The average molecular weight is 255 g/mol. The zero-order valence-corrected chi connectivity index (χ0v) is 11.3. The number of pyridine rings is 1. The summed E-state index contributed by atoms with van der Waals surface area (Å²) in [6.07, 6.45) is 4.33. The van der Waals surface area contributed by atoms with E-state index in [2.05, 4.69) is 34.1 Å². The highest BCUT2D eigenvalue weighted by molar-refractivity contribution is 5.78. The molecule has 100 valence electrons. The third-order valence-electron chi connectivity index (χ3n) is 4.11. The van der Waals surface area contributed by atoms with E-state index in [1.807, 2.05) is 12.3 Å². The smallest absolute Gasteiger partial charge is 0.0702 e. The van der Waals surface area contributed by atoms with Gasteiger partial charge in [0.05, 0.1) is 5.52 Å². The lowest BCUT2D eigenvalue weighted by Gasteiger charge is -2.31. The first-order valence-corrected chi connectivity index (χ1v) is 7.11. The Balaban J connectivity index is 1.68. The van der Waals surface area contributed by atoms with E-state index >= 15 is 0 Å². The molecule has 1 aromatic carbocycles. The standard InChI is InChI=1S/C16H21N3/c17-11-13-5-8-19(9-6-13)12-14-3-4-16-15(10-14)2-1-7-18-16/h1-4,7,10,13H,5-6,8-9,11-12,17H2.